The number of benzene rings is 1. The lowest BCUT2D eigenvalue weighted by Gasteiger charge is -2.33. The van der Waals surface area contributed by atoms with Crippen molar-refractivity contribution < 1.29 is 0 Å². The van der Waals surface area contributed by atoms with Crippen LogP contribution in [-0.4, -0.2) is 37.3 Å². The topological polar surface area (TPSA) is 15.3 Å². The van der Waals surface area contributed by atoms with E-state index in [4.69, 9.17) is 0 Å². The third-order valence-corrected chi connectivity index (χ3v) is 5.49. The Morgan fingerprint density at radius 2 is 1.89 bits per heavy atom. The van der Waals surface area contributed by atoms with Crippen molar-refractivity contribution >= 4 is 11.8 Å². The first kappa shape index (κ1) is 13.5. The first-order chi connectivity index (χ1) is 9.30. The van der Waals surface area contributed by atoms with Crippen LogP contribution in [0.1, 0.15) is 24.8 Å². The van der Waals surface area contributed by atoms with Crippen LogP contribution in [0, 0.1) is 5.41 Å². The molecule has 0 bridgehead atoms. The van der Waals surface area contributed by atoms with Crippen molar-refractivity contribution in [3.05, 3.63) is 29.8 Å². The minimum Gasteiger partial charge on any atom is -0.317 e. The summed E-state index contributed by atoms with van der Waals surface area (Å²) in [5, 5.41) is 3.49. The molecule has 2 nitrogen and oxygen atoms in total. The molecule has 0 atom stereocenters. The highest BCUT2D eigenvalue weighted by Crippen LogP contribution is 2.39. The molecule has 0 aromatic heterocycles. The molecule has 19 heavy (non-hydrogen) atoms. The maximum atomic E-state index is 3.49. The molecule has 1 aromatic rings. The fourth-order valence-electron chi connectivity index (χ4n) is 3.52. The minimum atomic E-state index is 0.629. The van der Waals surface area contributed by atoms with E-state index in [-0.39, 0.29) is 0 Å². The van der Waals surface area contributed by atoms with Crippen LogP contribution in [0.3, 0.4) is 0 Å². The van der Waals surface area contributed by atoms with Crippen LogP contribution >= 0.6 is 11.8 Å². The minimum absolute atomic E-state index is 0.629. The number of piperidine rings is 1. The van der Waals surface area contributed by atoms with E-state index in [0.29, 0.717) is 5.41 Å². The highest BCUT2D eigenvalue weighted by Gasteiger charge is 2.38. The average molecular weight is 276 g/mol. The summed E-state index contributed by atoms with van der Waals surface area (Å²) in [5.41, 5.74) is 2.09. The van der Waals surface area contributed by atoms with Crippen LogP contribution in [0.2, 0.25) is 0 Å². The molecule has 1 N–H and O–H groups in total. The number of rotatable bonds is 3. The Hall–Kier alpha value is -0.510. The molecule has 0 amide bonds. The molecular weight excluding hydrogens is 252 g/mol. The Balaban J connectivity index is 1.58. The molecule has 3 rings (SSSR count). The van der Waals surface area contributed by atoms with E-state index in [1.807, 2.05) is 11.8 Å². The van der Waals surface area contributed by atoms with Gasteiger partial charge in [0.25, 0.3) is 0 Å². The van der Waals surface area contributed by atoms with E-state index < -0.39 is 0 Å². The quantitative estimate of drug-likeness (QED) is 0.855. The van der Waals surface area contributed by atoms with Gasteiger partial charge in [-0.25, -0.2) is 0 Å². The number of nitrogens with zero attached hydrogens (tertiary/aromatic N) is 1. The van der Waals surface area contributed by atoms with Gasteiger partial charge in [-0.05, 0) is 68.3 Å². The summed E-state index contributed by atoms with van der Waals surface area (Å²) in [6.45, 7) is 6.15. The fourth-order valence-corrected chi connectivity index (χ4v) is 3.93. The van der Waals surface area contributed by atoms with E-state index in [9.17, 15) is 0 Å². The third-order valence-electron chi connectivity index (χ3n) is 4.75. The van der Waals surface area contributed by atoms with Crippen molar-refractivity contribution in [1.29, 1.82) is 0 Å². The Morgan fingerprint density at radius 1 is 1.16 bits per heavy atom. The van der Waals surface area contributed by atoms with Crippen molar-refractivity contribution in [3.63, 3.8) is 0 Å². The van der Waals surface area contributed by atoms with E-state index >= 15 is 0 Å². The molecule has 0 radical (unpaired) electrons. The molecule has 104 valence electrons. The predicted octanol–water partition coefficient (Wildman–Crippen LogP) is 2.98. The van der Waals surface area contributed by atoms with Gasteiger partial charge in [-0.3, -0.25) is 4.90 Å². The first-order valence-electron chi connectivity index (χ1n) is 7.36. The summed E-state index contributed by atoms with van der Waals surface area (Å²) in [6.07, 6.45) is 6.28. The Bertz CT molecular complexity index is 409. The lowest BCUT2D eigenvalue weighted by molar-refractivity contribution is 0.194. The molecule has 2 saturated heterocycles. The molecular formula is C16H24N2S. The summed E-state index contributed by atoms with van der Waals surface area (Å²) in [6, 6.07) is 9.07. The summed E-state index contributed by atoms with van der Waals surface area (Å²) >= 11 is 1.82. The second-order valence-corrected chi connectivity index (χ2v) is 6.94. The van der Waals surface area contributed by atoms with E-state index in [2.05, 4.69) is 40.7 Å². The van der Waals surface area contributed by atoms with Gasteiger partial charge in [0.2, 0.25) is 0 Å². The lowest BCUT2D eigenvalue weighted by atomic mass is 9.78. The van der Waals surface area contributed by atoms with Crippen molar-refractivity contribution in [3.8, 4) is 0 Å². The second kappa shape index (κ2) is 5.86. The summed E-state index contributed by atoms with van der Waals surface area (Å²) in [5.74, 6) is 0. The zero-order valence-electron chi connectivity index (χ0n) is 11.8. The third kappa shape index (κ3) is 3.15. The smallest absolute Gasteiger partial charge is 0.0233 e. The standard InChI is InChI=1S/C16H24N2S/c1-19-15-4-2-14(3-5-15)12-18-11-8-16(13-18)6-9-17-10-7-16/h2-5,17H,6-13H2,1H3. The van der Waals surface area contributed by atoms with Gasteiger partial charge >= 0.3 is 0 Å². The molecule has 1 spiro atoms. The monoisotopic (exact) mass is 276 g/mol. The number of hydrogen-bond donors (Lipinski definition) is 1. The number of nitrogens with one attached hydrogen (secondary N) is 1. The van der Waals surface area contributed by atoms with Crippen molar-refractivity contribution in [2.75, 3.05) is 32.4 Å². The number of hydrogen-bond acceptors (Lipinski definition) is 3. The van der Waals surface area contributed by atoms with Crippen molar-refractivity contribution in [2.24, 2.45) is 5.41 Å². The van der Waals surface area contributed by atoms with E-state index in [0.717, 1.165) is 6.54 Å². The molecule has 2 fully saturated rings. The maximum absolute atomic E-state index is 3.49. The van der Waals surface area contributed by atoms with Crippen molar-refractivity contribution in [2.45, 2.75) is 30.7 Å². The zero-order valence-corrected chi connectivity index (χ0v) is 12.6. The number of thioether (sulfide) groups is 1. The second-order valence-electron chi connectivity index (χ2n) is 6.06. The van der Waals surface area contributed by atoms with Crippen LogP contribution in [0.15, 0.2) is 29.2 Å². The highest BCUT2D eigenvalue weighted by molar-refractivity contribution is 7.98. The highest BCUT2D eigenvalue weighted by atomic mass is 32.2. The van der Waals surface area contributed by atoms with Gasteiger partial charge in [0.1, 0.15) is 0 Å². The van der Waals surface area contributed by atoms with Crippen LogP contribution in [0.25, 0.3) is 0 Å². The van der Waals surface area contributed by atoms with Gasteiger partial charge in [-0.1, -0.05) is 12.1 Å². The van der Waals surface area contributed by atoms with E-state index in [1.54, 1.807) is 0 Å². The largest absolute Gasteiger partial charge is 0.317 e. The molecule has 2 aliphatic rings. The Labute approximate surface area is 121 Å². The maximum Gasteiger partial charge on any atom is 0.0233 e. The van der Waals surface area contributed by atoms with Gasteiger partial charge < -0.3 is 5.32 Å². The van der Waals surface area contributed by atoms with Gasteiger partial charge in [0.05, 0.1) is 0 Å². The summed E-state index contributed by atoms with van der Waals surface area (Å²) < 4.78 is 0. The lowest BCUT2D eigenvalue weighted by Crippen LogP contribution is -2.38. The fraction of sp³-hybridized carbons (Fsp3) is 0.625. The molecule has 1 aromatic carbocycles. The van der Waals surface area contributed by atoms with Crippen LogP contribution < -0.4 is 5.32 Å². The summed E-state index contributed by atoms with van der Waals surface area (Å²) in [7, 11) is 0. The zero-order chi connectivity index (χ0) is 13.1. The normalized spacial score (nSPS) is 23.0. The SMILES string of the molecule is CSc1ccc(CN2CCC3(CCNCC3)C2)cc1. The van der Waals surface area contributed by atoms with Gasteiger partial charge in [-0.2, -0.15) is 0 Å². The average Bonchev–Trinajstić information content (AvgIpc) is 2.83. The molecule has 2 heterocycles. The van der Waals surface area contributed by atoms with Gasteiger partial charge in [-0.15, -0.1) is 11.8 Å². The predicted molar refractivity (Wildman–Crippen MR) is 82.7 cm³/mol. The van der Waals surface area contributed by atoms with Crippen LogP contribution in [0.4, 0.5) is 0 Å². The molecule has 2 aliphatic heterocycles. The van der Waals surface area contributed by atoms with Crippen LogP contribution in [0.5, 0.6) is 0 Å². The van der Waals surface area contributed by atoms with E-state index in [1.165, 1.54) is 55.9 Å². The summed E-state index contributed by atoms with van der Waals surface area (Å²) in [4.78, 5) is 4.01. The van der Waals surface area contributed by atoms with Crippen molar-refractivity contribution in [1.82, 2.24) is 10.2 Å². The molecule has 0 aliphatic carbocycles. The Kier molecular flexibility index (Phi) is 4.15. The Morgan fingerprint density at radius 3 is 2.58 bits per heavy atom. The van der Waals surface area contributed by atoms with Gasteiger partial charge in [0, 0.05) is 18.0 Å². The molecule has 0 saturated carbocycles. The first-order valence-corrected chi connectivity index (χ1v) is 8.58. The van der Waals surface area contributed by atoms with Gasteiger partial charge in [0.15, 0.2) is 0 Å². The number of likely N-dealkylation sites (tertiary alicyclic amines) is 1. The molecule has 0 unspecified atom stereocenters. The van der Waals surface area contributed by atoms with Crippen LogP contribution in [-0.2, 0) is 6.54 Å². The molecule has 3 heteroatoms.